The summed E-state index contributed by atoms with van der Waals surface area (Å²) < 4.78 is 111. The molecule has 0 aromatic heterocycles. The van der Waals surface area contributed by atoms with Crippen LogP contribution in [0.25, 0.3) is 0 Å². The average Bonchev–Trinajstić information content (AvgIpc) is 0.759. The van der Waals surface area contributed by atoms with Crippen molar-refractivity contribution in [2.45, 2.75) is 320 Å². The molecular weight excluding hydrogens is 1630 g/mol. The lowest BCUT2D eigenvalue weighted by molar-refractivity contribution is -0.413. The van der Waals surface area contributed by atoms with Crippen LogP contribution in [0.5, 0.6) is 0 Å². The van der Waals surface area contributed by atoms with Crippen molar-refractivity contribution in [1.82, 2.24) is 5.32 Å². The van der Waals surface area contributed by atoms with Gasteiger partial charge in [0, 0.05) is 13.3 Å². The molecule has 0 aliphatic carbocycles. The Kier molecular flexibility index (Phi) is 34.2. The van der Waals surface area contributed by atoms with Crippen molar-refractivity contribution in [2.75, 3.05) is 66.1 Å². The minimum atomic E-state index is -3.38. The third-order valence-corrected chi connectivity index (χ3v) is 21.8. The molecule has 10 fully saturated rings. The van der Waals surface area contributed by atoms with Gasteiger partial charge >= 0.3 is 5.97 Å². The van der Waals surface area contributed by atoms with E-state index in [9.17, 15) is 173 Å². The predicted octanol–water partition coefficient (Wildman–Crippen LogP) is -22.8. The second-order valence-electron chi connectivity index (χ2n) is 29.7. The van der Waals surface area contributed by atoms with Crippen molar-refractivity contribution in [1.29, 1.82) is 0 Å². The van der Waals surface area contributed by atoms with Gasteiger partial charge in [-0.2, -0.15) is 0 Å². The van der Waals surface area contributed by atoms with Crippen molar-refractivity contribution in [3.05, 3.63) is 0 Å². The summed E-state index contributed by atoms with van der Waals surface area (Å²) in [6.45, 7) is -11.0. The zero-order chi connectivity index (χ0) is 86.9. The summed E-state index contributed by atoms with van der Waals surface area (Å²) in [5.41, 5.74) is 0. The zero-order valence-electron chi connectivity index (χ0n) is 62.0. The van der Waals surface area contributed by atoms with Crippen LogP contribution in [0.15, 0.2) is 0 Å². The monoisotopic (exact) mass is 1740 g/mol. The molecule has 0 spiro atoms. The molecule has 54 heteroatoms. The summed E-state index contributed by atoms with van der Waals surface area (Å²) in [5, 5.41) is 354. The van der Waals surface area contributed by atoms with E-state index < -0.39 is 391 Å². The Labute approximate surface area is 664 Å². The first-order chi connectivity index (χ1) is 55.8. The summed E-state index contributed by atoms with van der Waals surface area (Å²) in [6, 6.07) is -2.04. The number of aliphatic carboxylic acids is 1. The van der Waals surface area contributed by atoms with Crippen LogP contribution >= 0.6 is 0 Å². The molecule has 10 heterocycles. The van der Waals surface area contributed by atoms with Gasteiger partial charge in [0.2, 0.25) is 5.91 Å². The molecule has 10 saturated heterocycles. The Hall–Kier alpha value is -3.06. The standard InChI is InChI=1S/C64H107NO53/c1-13(75)65-25-31(83)47(111-55-39(91)32(84)26(78)16(4-67)101-55)21(9-72)106-54(25)116-53-36(88)30(82)20(8-71)105-62(53)114-50-24(109-60(44(96)51(50)115-57-41(93)34(86)28(80)18(6-69)103-57)110-45-14(76)2-64(99,63(97)98)118-46(45)15(77)3-66)12-100-61-52(35(87)29(81)19(7-70)104-61)117-59-43(95)38(90)49(23(11-74)108-59)113-58-42(94)37(89)48(22(10-73)107-58)112-56-40(92)33(85)27(79)17(5-68)102-56/h14-62,66-74,76-96,99H,2-12H2,1H3,(H,65,75)(H,97,98)/t14-,15-,16-,17-,18-,19-,20-,21-,22-,23-,24-,25-,26+,27+,28-,29-,30-,31-,32+,33+,34+,35+,36+,37-,38-,39-,40-,41-,42-,43-,44-,45-,46-,47-,48+,49-,50-,51-,52-,53-,54-,55+,56-,57+,58+,59-,60-,61-,62+,64?/m1/s1. The average molecular weight is 1740 g/mol. The molecule has 0 bridgehead atoms. The highest BCUT2D eigenvalue weighted by molar-refractivity contribution is 5.75. The van der Waals surface area contributed by atoms with Gasteiger partial charge in [-0.25, -0.2) is 4.79 Å². The Morgan fingerprint density at radius 1 is 0.331 bits per heavy atom. The fraction of sp³-hybridized carbons (Fsp3) is 0.969. The van der Waals surface area contributed by atoms with Crippen molar-refractivity contribution in [3.8, 4) is 0 Å². The fourth-order valence-corrected chi connectivity index (χ4v) is 15.1. The first kappa shape index (κ1) is 97.1. The molecule has 686 valence electrons. The van der Waals surface area contributed by atoms with E-state index in [4.69, 9.17) is 90.0 Å². The molecule has 54 nitrogen and oxygen atoms in total. The maximum Gasteiger partial charge on any atom is 0.364 e. The number of carbonyl (C=O) groups excluding carboxylic acids is 1. The molecule has 10 aliphatic heterocycles. The highest BCUT2D eigenvalue weighted by Crippen LogP contribution is 2.42. The minimum Gasteiger partial charge on any atom is -0.477 e. The van der Waals surface area contributed by atoms with Crippen molar-refractivity contribution < 1.29 is 263 Å². The number of hydrogen-bond acceptors (Lipinski definition) is 52. The molecule has 0 radical (unpaired) electrons. The summed E-state index contributed by atoms with van der Waals surface area (Å²) in [4.78, 5) is 25.4. The van der Waals surface area contributed by atoms with E-state index in [-0.39, 0.29) is 0 Å². The van der Waals surface area contributed by atoms with Crippen LogP contribution in [0, 0.1) is 0 Å². The van der Waals surface area contributed by atoms with Crippen LogP contribution in [0.3, 0.4) is 0 Å². The van der Waals surface area contributed by atoms with Gasteiger partial charge in [-0.1, -0.05) is 0 Å². The van der Waals surface area contributed by atoms with E-state index in [1.54, 1.807) is 0 Å². The van der Waals surface area contributed by atoms with Gasteiger partial charge < -0.3 is 259 Å². The smallest absolute Gasteiger partial charge is 0.364 e. The normalized spacial score (nSPS) is 51.4. The van der Waals surface area contributed by atoms with Gasteiger partial charge in [0.15, 0.2) is 56.6 Å². The predicted molar refractivity (Wildman–Crippen MR) is 352 cm³/mol. The Morgan fingerprint density at radius 3 is 1.01 bits per heavy atom. The number of nitrogens with one attached hydrogen (secondary N) is 1. The van der Waals surface area contributed by atoms with Gasteiger partial charge in [0.05, 0.1) is 72.2 Å². The molecule has 10 rings (SSSR count). The van der Waals surface area contributed by atoms with E-state index in [1.807, 2.05) is 0 Å². The number of carbonyl (C=O) groups is 2. The first-order valence-electron chi connectivity index (χ1n) is 37.2. The lowest BCUT2D eigenvalue weighted by atomic mass is 9.92. The van der Waals surface area contributed by atoms with Gasteiger partial charge in [-0.15, -0.1) is 0 Å². The fourth-order valence-electron chi connectivity index (χ4n) is 15.1. The molecule has 33 N–H and O–H groups in total. The Morgan fingerprint density at radius 2 is 0.619 bits per heavy atom. The maximum absolute atomic E-state index is 13.0. The second kappa shape index (κ2) is 41.6. The largest absolute Gasteiger partial charge is 0.477 e. The van der Waals surface area contributed by atoms with Crippen molar-refractivity contribution >= 4 is 11.9 Å². The molecule has 50 atom stereocenters. The number of carboxylic acid groups (broad SMARTS) is 1. The van der Waals surface area contributed by atoms with Gasteiger partial charge in [0.1, 0.15) is 238 Å². The lowest BCUT2D eigenvalue weighted by Gasteiger charge is -2.52. The topological polar surface area (TPSA) is 869 Å². The number of rotatable bonds is 31. The quantitative estimate of drug-likeness (QED) is 0.0306. The molecule has 10 aliphatic rings. The molecule has 118 heavy (non-hydrogen) atoms. The van der Waals surface area contributed by atoms with Gasteiger partial charge in [0.25, 0.3) is 5.79 Å². The molecule has 1 amide bonds. The number of aliphatic hydroxyl groups excluding tert-OH is 30. The number of carboxylic acids is 1. The first-order valence-corrected chi connectivity index (χ1v) is 37.2. The third kappa shape index (κ3) is 20.3. The van der Waals surface area contributed by atoms with E-state index in [0.717, 1.165) is 6.92 Å². The highest BCUT2D eigenvalue weighted by atomic mass is 16.8. The molecule has 0 aromatic rings. The van der Waals surface area contributed by atoms with Crippen molar-refractivity contribution in [2.24, 2.45) is 0 Å². The van der Waals surface area contributed by atoms with Crippen LogP contribution < -0.4 is 5.32 Å². The van der Waals surface area contributed by atoms with Gasteiger partial charge in [-0.05, 0) is 0 Å². The number of amides is 1. The maximum atomic E-state index is 13.0. The summed E-state index contributed by atoms with van der Waals surface area (Å²) >= 11 is 0. The molecule has 0 aromatic carbocycles. The van der Waals surface area contributed by atoms with E-state index in [2.05, 4.69) is 5.32 Å². The lowest BCUT2D eigenvalue weighted by Crippen LogP contribution is -2.70. The Balaban J connectivity index is 0.996. The van der Waals surface area contributed by atoms with Crippen LogP contribution in [0.4, 0.5) is 0 Å². The SMILES string of the molecule is CC(=O)N[C@H]1[C@@H](O[C@H]2[C@H](O[C@H]3[C@H](O[C@@H]4O[C@H](CO)[C@@H](O)[C@H](O)[C@H]4O)[C@@H](O)[C@@H](O[C@H]4[C@@H]([C@H](O)CO)OC(O)(C(=O)O)C[C@H]4O)O[C@@H]3CO[C@@H]3O[C@H](CO)[C@@H](O)[C@H](O)[C@H]3O[C@H]3O[C@H](CO)[C@@H](O[C@@H]4O[C@H](CO)[C@H](O[C@H]5O[C@H](CO)[C@H](O)[C@H](O)[C@H]5O)[C@H](O)[C@H]4O)[C@H](O)[C@H]3O)O[C@H](CO)[C@@H](O)[C@@H]2O)O[C@H](CO)[C@@H](O[C@@H]2O[C@H](CO)[C@H](O)[C@H](O)[C@H]2O)[C@@H]1O. The molecular formula is C64H107NO53. The minimum absolute atomic E-state index is 0.890. The van der Waals surface area contributed by atoms with Gasteiger partial charge in [-0.3, -0.25) is 4.79 Å². The molecule has 1 unspecified atom stereocenters. The number of aliphatic hydroxyl groups is 31. The summed E-state index contributed by atoms with van der Waals surface area (Å²) in [7, 11) is 0. The van der Waals surface area contributed by atoms with Crippen LogP contribution in [-0.2, 0) is 99.6 Å². The van der Waals surface area contributed by atoms with Crippen LogP contribution in [0.2, 0.25) is 0 Å². The Bertz CT molecular complexity index is 3090. The number of ether oxygens (including phenoxy) is 19. The molecule has 0 saturated carbocycles. The summed E-state index contributed by atoms with van der Waals surface area (Å²) in [5.74, 6) is -6.56. The second-order valence-corrected chi connectivity index (χ2v) is 29.7. The van der Waals surface area contributed by atoms with Crippen molar-refractivity contribution in [3.63, 3.8) is 0 Å². The van der Waals surface area contributed by atoms with Crippen LogP contribution in [0.1, 0.15) is 13.3 Å². The van der Waals surface area contributed by atoms with E-state index in [1.165, 1.54) is 0 Å². The van der Waals surface area contributed by atoms with E-state index >= 15 is 0 Å². The zero-order valence-corrected chi connectivity index (χ0v) is 62.0. The third-order valence-electron chi connectivity index (χ3n) is 21.8. The van der Waals surface area contributed by atoms with Crippen LogP contribution in [-0.4, -0.2) is 548 Å². The summed E-state index contributed by atoms with van der Waals surface area (Å²) in [6.07, 6.45) is -108. The van der Waals surface area contributed by atoms with E-state index in [0.29, 0.717) is 0 Å². The highest BCUT2D eigenvalue weighted by Gasteiger charge is 2.63. The number of hydrogen-bond donors (Lipinski definition) is 33.